The molecule has 0 unspecified atom stereocenters. The van der Waals surface area contributed by atoms with Crippen molar-refractivity contribution in [3.63, 3.8) is 0 Å². The molecule has 0 bridgehead atoms. The smallest absolute Gasteiger partial charge is 0.0659 e. The second kappa shape index (κ2) is 6.21. The predicted molar refractivity (Wildman–Crippen MR) is 85.9 cm³/mol. The van der Waals surface area contributed by atoms with Gasteiger partial charge in [0.2, 0.25) is 0 Å². The van der Waals surface area contributed by atoms with Crippen molar-refractivity contribution in [2.24, 2.45) is 0 Å². The Kier molecular flexibility index (Phi) is 4.61. The van der Waals surface area contributed by atoms with Crippen LogP contribution in [0.5, 0.6) is 0 Å². The normalized spacial score (nSPS) is 14.2. The van der Waals surface area contributed by atoms with Crippen molar-refractivity contribution >= 4 is 35.5 Å². The number of aryl methyl sites for hydroxylation is 2. The summed E-state index contributed by atoms with van der Waals surface area (Å²) in [6.07, 6.45) is 7.95. The molecule has 0 radical (unpaired) electrons. The van der Waals surface area contributed by atoms with E-state index >= 15 is 0 Å². The number of benzene rings is 1. The molecule has 0 amide bonds. The van der Waals surface area contributed by atoms with E-state index in [4.69, 9.17) is 12.2 Å². The molecule has 3 heteroatoms. The molecule has 1 N–H and O–H groups in total. The van der Waals surface area contributed by atoms with E-state index < -0.39 is 0 Å². The zero-order valence-corrected chi connectivity index (χ0v) is 12.2. The van der Waals surface area contributed by atoms with Gasteiger partial charge in [-0.05, 0) is 48.3 Å². The number of rotatable bonds is 5. The Balaban J connectivity index is 2.25. The Hall–Kier alpha value is -1.06. The highest BCUT2D eigenvalue weighted by molar-refractivity contribution is 8.02. The molecule has 1 aliphatic carbocycles. The minimum absolute atomic E-state index is 0.859. The van der Waals surface area contributed by atoms with Crippen molar-refractivity contribution in [3.8, 4) is 0 Å². The van der Waals surface area contributed by atoms with Gasteiger partial charge < -0.3 is 5.32 Å². The van der Waals surface area contributed by atoms with Gasteiger partial charge in [-0.15, -0.1) is 11.8 Å². The largest absolute Gasteiger partial charge is 0.352 e. The number of thioether (sulfide) groups is 1. The molecule has 1 nitrogen and oxygen atoms in total. The van der Waals surface area contributed by atoms with Crippen LogP contribution in [-0.2, 0) is 12.8 Å². The van der Waals surface area contributed by atoms with Gasteiger partial charge in [0.05, 0.1) is 5.49 Å². The quantitative estimate of drug-likeness (QED) is 0.646. The molecule has 0 heterocycles. The zero-order valence-electron chi connectivity index (χ0n) is 10.5. The highest BCUT2D eigenvalue weighted by atomic mass is 32.2. The summed E-state index contributed by atoms with van der Waals surface area (Å²) in [4.78, 5) is 1.12. The lowest BCUT2D eigenvalue weighted by Crippen LogP contribution is -2.08. The SMILES string of the molecule is C=C(NC=S)/C(=C/c1ccc2c(c1)CCC2)SC. The third kappa shape index (κ3) is 3.03. The standard InChI is InChI=1S/C15H17NS2/c1-11(16-10-17)15(18-2)9-12-6-7-13-4-3-5-14(13)8-12/h6-10H,1,3-5H2,2H3,(H,16,17)/b15-9-. The van der Waals surface area contributed by atoms with E-state index in [1.165, 1.54) is 41.4 Å². The second-order valence-electron chi connectivity index (χ2n) is 4.34. The van der Waals surface area contributed by atoms with Gasteiger partial charge in [-0.1, -0.05) is 37.0 Å². The average molecular weight is 275 g/mol. The summed E-state index contributed by atoms with van der Waals surface area (Å²) < 4.78 is 0. The van der Waals surface area contributed by atoms with E-state index in [2.05, 4.69) is 42.4 Å². The highest BCUT2D eigenvalue weighted by Gasteiger charge is 2.10. The fraction of sp³-hybridized carbons (Fsp3) is 0.267. The third-order valence-electron chi connectivity index (χ3n) is 3.17. The molecule has 94 valence electrons. The van der Waals surface area contributed by atoms with Crippen LogP contribution in [0.1, 0.15) is 23.1 Å². The van der Waals surface area contributed by atoms with Crippen LogP contribution >= 0.6 is 24.0 Å². The van der Waals surface area contributed by atoms with Crippen molar-refractivity contribution < 1.29 is 0 Å². The summed E-state index contributed by atoms with van der Waals surface area (Å²) in [5.41, 5.74) is 6.60. The van der Waals surface area contributed by atoms with Gasteiger partial charge in [0.15, 0.2) is 0 Å². The minimum atomic E-state index is 0.859. The molecule has 2 rings (SSSR count). The van der Waals surface area contributed by atoms with Gasteiger partial charge in [-0.2, -0.15) is 0 Å². The first-order chi connectivity index (χ1) is 8.74. The molecule has 0 fully saturated rings. The second-order valence-corrected chi connectivity index (χ2v) is 5.42. The highest BCUT2D eigenvalue weighted by Crippen LogP contribution is 2.26. The maximum absolute atomic E-state index is 4.79. The number of nitrogens with one attached hydrogen (secondary N) is 1. The molecule has 18 heavy (non-hydrogen) atoms. The van der Waals surface area contributed by atoms with Gasteiger partial charge in [0, 0.05) is 10.6 Å². The van der Waals surface area contributed by atoms with E-state index in [9.17, 15) is 0 Å². The molecule has 0 saturated carbocycles. The Bertz CT molecular complexity index is 503. The van der Waals surface area contributed by atoms with Gasteiger partial charge in [0.1, 0.15) is 0 Å². The number of hydrogen-bond acceptors (Lipinski definition) is 2. The van der Waals surface area contributed by atoms with Crippen molar-refractivity contribution in [1.29, 1.82) is 0 Å². The fourth-order valence-electron chi connectivity index (χ4n) is 2.24. The molecule has 0 atom stereocenters. The first-order valence-electron chi connectivity index (χ1n) is 6.01. The van der Waals surface area contributed by atoms with E-state index in [1.807, 2.05) is 0 Å². The molecule has 1 aromatic rings. The lowest BCUT2D eigenvalue weighted by Gasteiger charge is -2.08. The predicted octanol–water partition coefficient (Wildman–Crippen LogP) is 3.94. The number of thiocarbonyl (C=S) groups is 1. The lowest BCUT2D eigenvalue weighted by atomic mass is 10.1. The maximum Gasteiger partial charge on any atom is 0.0659 e. The minimum Gasteiger partial charge on any atom is -0.352 e. The molecule has 0 aromatic heterocycles. The van der Waals surface area contributed by atoms with Crippen molar-refractivity contribution in [1.82, 2.24) is 5.32 Å². The summed E-state index contributed by atoms with van der Waals surface area (Å²) >= 11 is 6.47. The van der Waals surface area contributed by atoms with Crippen LogP contribution in [0.4, 0.5) is 0 Å². The monoisotopic (exact) mass is 275 g/mol. The molecule has 1 aliphatic rings. The van der Waals surface area contributed by atoms with Crippen molar-refractivity contribution in [2.75, 3.05) is 6.26 Å². The molecule has 0 aliphatic heterocycles. The van der Waals surface area contributed by atoms with Crippen LogP contribution in [0.25, 0.3) is 6.08 Å². The van der Waals surface area contributed by atoms with Crippen LogP contribution in [0.3, 0.4) is 0 Å². The topological polar surface area (TPSA) is 12.0 Å². The van der Waals surface area contributed by atoms with Crippen LogP contribution in [0.2, 0.25) is 0 Å². The number of fused-ring (bicyclic) bond motifs is 1. The molecule has 0 saturated heterocycles. The van der Waals surface area contributed by atoms with Gasteiger partial charge >= 0.3 is 0 Å². The van der Waals surface area contributed by atoms with Crippen LogP contribution in [-0.4, -0.2) is 11.7 Å². The Morgan fingerprint density at radius 3 is 2.89 bits per heavy atom. The third-order valence-corrected chi connectivity index (χ3v) is 4.09. The fourth-order valence-corrected chi connectivity index (χ4v) is 2.95. The first kappa shape index (κ1) is 13.4. The van der Waals surface area contributed by atoms with Gasteiger partial charge in [-0.25, -0.2) is 0 Å². The van der Waals surface area contributed by atoms with Crippen molar-refractivity contribution in [3.05, 3.63) is 52.1 Å². The molecule has 1 aromatic carbocycles. The van der Waals surface area contributed by atoms with Crippen LogP contribution in [0.15, 0.2) is 35.4 Å². The average Bonchev–Trinajstić information content (AvgIpc) is 2.83. The van der Waals surface area contributed by atoms with E-state index in [1.54, 1.807) is 11.8 Å². The Morgan fingerprint density at radius 1 is 1.39 bits per heavy atom. The summed E-state index contributed by atoms with van der Waals surface area (Å²) in [6, 6.07) is 6.73. The molecular formula is C15H17NS2. The summed E-state index contributed by atoms with van der Waals surface area (Å²) in [7, 11) is 0. The summed E-state index contributed by atoms with van der Waals surface area (Å²) in [5.74, 6) is 0. The van der Waals surface area contributed by atoms with Crippen molar-refractivity contribution in [2.45, 2.75) is 19.3 Å². The lowest BCUT2D eigenvalue weighted by molar-refractivity contribution is 0.912. The summed E-state index contributed by atoms with van der Waals surface area (Å²) in [5, 5.41) is 2.98. The van der Waals surface area contributed by atoms with E-state index in [0.29, 0.717) is 0 Å². The van der Waals surface area contributed by atoms with Crippen LogP contribution < -0.4 is 5.32 Å². The number of hydrogen-bond donors (Lipinski definition) is 1. The molecular weight excluding hydrogens is 258 g/mol. The Labute approximate surface area is 118 Å². The molecule has 0 spiro atoms. The van der Waals surface area contributed by atoms with E-state index in [-0.39, 0.29) is 0 Å². The zero-order chi connectivity index (χ0) is 13.0. The van der Waals surface area contributed by atoms with E-state index in [0.717, 1.165) is 10.6 Å². The Morgan fingerprint density at radius 2 is 2.17 bits per heavy atom. The van der Waals surface area contributed by atoms with Gasteiger partial charge in [0.25, 0.3) is 0 Å². The van der Waals surface area contributed by atoms with Crippen LogP contribution in [0, 0.1) is 0 Å². The summed E-state index contributed by atoms with van der Waals surface area (Å²) in [6.45, 7) is 3.99. The van der Waals surface area contributed by atoms with Gasteiger partial charge in [-0.3, -0.25) is 0 Å². The first-order valence-corrected chi connectivity index (χ1v) is 7.71. The maximum atomic E-state index is 4.79.